The number of halogens is 1. The highest BCUT2D eigenvalue weighted by molar-refractivity contribution is 6.31. The predicted molar refractivity (Wildman–Crippen MR) is 55.1 cm³/mol. The Hall–Kier alpha value is -1.02. The van der Waals surface area contributed by atoms with Gasteiger partial charge in [0.25, 0.3) is 0 Å². The molecule has 13 heavy (non-hydrogen) atoms. The van der Waals surface area contributed by atoms with Crippen LogP contribution in [0, 0.1) is 0 Å². The van der Waals surface area contributed by atoms with Gasteiger partial charge in [-0.1, -0.05) is 11.6 Å². The second-order valence-electron chi connectivity index (χ2n) is 3.41. The van der Waals surface area contributed by atoms with Gasteiger partial charge in [0, 0.05) is 22.6 Å². The van der Waals surface area contributed by atoms with E-state index in [0.29, 0.717) is 6.04 Å². The summed E-state index contributed by atoms with van der Waals surface area (Å²) in [6.07, 6.45) is 2.02. The first-order valence-electron chi connectivity index (χ1n) is 4.31. The molecule has 68 valence electrons. The number of rotatable bonds is 1. The molecule has 0 atom stereocenters. The molecule has 1 aromatic carbocycles. The fourth-order valence-electron chi connectivity index (χ4n) is 1.28. The molecule has 0 unspecified atom stereocenters. The van der Waals surface area contributed by atoms with Crippen LogP contribution in [0.4, 0.5) is 0 Å². The van der Waals surface area contributed by atoms with E-state index in [1.807, 2.05) is 29.1 Å². The van der Waals surface area contributed by atoms with Gasteiger partial charge in [-0.05, 0) is 32.0 Å². The van der Waals surface area contributed by atoms with Crippen molar-refractivity contribution in [1.82, 2.24) is 9.78 Å². The Morgan fingerprint density at radius 1 is 1.38 bits per heavy atom. The van der Waals surface area contributed by atoms with Gasteiger partial charge in [0.2, 0.25) is 0 Å². The Kier molecular flexibility index (Phi) is 2.00. The van der Waals surface area contributed by atoms with Crippen LogP contribution in [0.3, 0.4) is 0 Å². The lowest BCUT2D eigenvalue weighted by Crippen LogP contribution is -1.99. The number of hydrogen-bond donors (Lipinski definition) is 0. The van der Waals surface area contributed by atoms with E-state index < -0.39 is 0 Å². The topological polar surface area (TPSA) is 17.8 Å². The molecule has 0 N–H and O–H groups in total. The molecule has 0 radical (unpaired) electrons. The third-order valence-electron chi connectivity index (χ3n) is 2.01. The van der Waals surface area contributed by atoms with Crippen LogP contribution in [0.25, 0.3) is 10.9 Å². The summed E-state index contributed by atoms with van der Waals surface area (Å²) in [6.45, 7) is 4.21. The van der Waals surface area contributed by atoms with Crippen LogP contribution in [0.2, 0.25) is 5.02 Å². The molecule has 0 bridgehead atoms. The summed E-state index contributed by atoms with van der Waals surface area (Å²) >= 11 is 5.87. The number of benzene rings is 1. The van der Waals surface area contributed by atoms with E-state index in [1.165, 1.54) is 0 Å². The Morgan fingerprint density at radius 3 is 2.85 bits per heavy atom. The van der Waals surface area contributed by atoms with Crippen molar-refractivity contribution in [2.24, 2.45) is 0 Å². The average molecular weight is 195 g/mol. The summed E-state index contributed by atoms with van der Waals surface area (Å²) in [6, 6.07) is 6.13. The lowest BCUT2D eigenvalue weighted by Gasteiger charge is -2.02. The Labute approximate surface area is 82.1 Å². The quantitative estimate of drug-likeness (QED) is 0.682. The monoisotopic (exact) mass is 194 g/mol. The summed E-state index contributed by atoms with van der Waals surface area (Å²) in [7, 11) is 0. The van der Waals surface area contributed by atoms with E-state index >= 15 is 0 Å². The second-order valence-corrected chi connectivity index (χ2v) is 3.84. The molecule has 0 saturated heterocycles. The van der Waals surface area contributed by atoms with Crippen molar-refractivity contribution in [3.63, 3.8) is 0 Å². The lowest BCUT2D eigenvalue weighted by molar-refractivity contribution is 0.537. The SMILES string of the molecule is CC(C)n1cc2cc(Cl)ccc2n1. The zero-order valence-corrected chi connectivity index (χ0v) is 8.42. The summed E-state index contributed by atoms with van der Waals surface area (Å²) in [4.78, 5) is 0. The van der Waals surface area contributed by atoms with Gasteiger partial charge in [0.05, 0.1) is 5.52 Å². The fourth-order valence-corrected chi connectivity index (χ4v) is 1.46. The molecule has 2 nitrogen and oxygen atoms in total. The maximum Gasteiger partial charge on any atom is 0.0924 e. The number of aromatic nitrogens is 2. The molecule has 0 aliphatic rings. The van der Waals surface area contributed by atoms with Crippen molar-refractivity contribution in [3.05, 3.63) is 29.4 Å². The van der Waals surface area contributed by atoms with Crippen LogP contribution >= 0.6 is 11.6 Å². The van der Waals surface area contributed by atoms with E-state index in [9.17, 15) is 0 Å². The minimum atomic E-state index is 0.395. The molecule has 0 spiro atoms. The minimum Gasteiger partial charge on any atom is -0.269 e. The fraction of sp³-hybridized carbons (Fsp3) is 0.300. The Bertz CT molecular complexity index is 431. The van der Waals surface area contributed by atoms with E-state index in [0.717, 1.165) is 15.9 Å². The van der Waals surface area contributed by atoms with Crippen molar-refractivity contribution >= 4 is 22.5 Å². The van der Waals surface area contributed by atoms with Gasteiger partial charge in [-0.2, -0.15) is 5.10 Å². The van der Waals surface area contributed by atoms with Gasteiger partial charge >= 0.3 is 0 Å². The van der Waals surface area contributed by atoms with Crippen molar-refractivity contribution in [2.75, 3.05) is 0 Å². The summed E-state index contributed by atoms with van der Waals surface area (Å²) in [5.74, 6) is 0. The van der Waals surface area contributed by atoms with Crippen molar-refractivity contribution in [2.45, 2.75) is 19.9 Å². The normalized spacial score (nSPS) is 11.4. The van der Waals surface area contributed by atoms with Crippen LogP contribution < -0.4 is 0 Å². The molecule has 0 saturated carbocycles. The highest BCUT2D eigenvalue weighted by Crippen LogP contribution is 2.19. The molecular formula is C10H11ClN2. The van der Waals surface area contributed by atoms with Gasteiger partial charge in [0.15, 0.2) is 0 Å². The highest BCUT2D eigenvalue weighted by atomic mass is 35.5. The first-order chi connectivity index (χ1) is 6.16. The van der Waals surface area contributed by atoms with Crippen molar-refractivity contribution < 1.29 is 0 Å². The average Bonchev–Trinajstić information content (AvgIpc) is 2.46. The minimum absolute atomic E-state index is 0.395. The van der Waals surface area contributed by atoms with Gasteiger partial charge in [0.1, 0.15) is 0 Å². The first kappa shape index (κ1) is 8.57. The molecule has 0 aliphatic carbocycles. The third kappa shape index (κ3) is 1.54. The highest BCUT2D eigenvalue weighted by Gasteiger charge is 2.02. The summed E-state index contributed by atoms with van der Waals surface area (Å²) in [5, 5.41) is 6.27. The number of hydrogen-bond acceptors (Lipinski definition) is 1. The Balaban J connectivity index is 2.62. The molecule has 2 rings (SSSR count). The second kappa shape index (κ2) is 3.04. The van der Waals surface area contributed by atoms with Gasteiger partial charge in [-0.25, -0.2) is 0 Å². The third-order valence-corrected chi connectivity index (χ3v) is 2.25. The lowest BCUT2D eigenvalue weighted by atomic mass is 10.3. The molecule has 0 aliphatic heterocycles. The molecule has 1 heterocycles. The van der Waals surface area contributed by atoms with E-state index in [1.54, 1.807) is 0 Å². The number of fused-ring (bicyclic) bond motifs is 1. The van der Waals surface area contributed by atoms with Crippen LogP contribution in [0.15, 0.2) is 24.4 Å². The summed E-state index contributed by atoms with van der Waals surface area (Å²) < 4.78 is 1.95. The van der Waals surface area contributed by atoms with Gasteiger partial charge in [-0.15, -0.1) is 0 Å². The Morgan fingerprint density at radius 2 is 2.15 bits per heavy atom. The van der Waals surface area contributed by atoms with Crippen molar-refractivity contribution in [1.29, 1.82) is 0 Å². The molecular weight excluding hydrogens is 184 g/mol. The zero-order valence-electron chi connectivity index (χ0n) is 7.66. The molecule has 2 aromatic rings. The first-order valence-corrected chi connectivity index (χ1v) is 4.69. The van der Waals surface area contributed by atoms with E-state index in [2.05, 4.69) is 18.9 Å². The molecule has 1 aromatic heterocycles. The van der Waals surface area contributed by atoms with E-state index in [-0.39, 0.29) is 0 Å². The predicted octanol–water partition coefficient (Wildman–Crippen LogP) is 3.27. The molecule has 0 amide bonds. The van der Waals surface area contributed by atoms with Crippen LogP contribution in [0.5, 0.6) is 0 Å². The van der Waals surface area contributed by atoms with E-state index in [4.69, 9.17) is 11.6 Å². The maximum atomic E-state index is 5.87. The standard InChI is InChI=1S/C10H11ClN2/c1-7(2)13-6-8-5-9(11)3-4-10(8)12-13/h3-7H,1-2H3. The molecule has 3 heteroatoms. The smallest absolute Gasteiger partial charge is 0.0924 e. The van der Waals surface area contributed by atoms with Gasteiger partial charge < -0.3 is 0 Å². The zero-order chi connectivity index (χ0) is 9.42. The van der Waals surface area contributed by atoms with Crippen LogP contribution in [-0.4, -0.2) is 9.78 Å². The number of nitrogens with zero attached hydrogens (tertiary/aromatic N) is 2. The molecule has 0 fully saturated rings. The van der Waals surface area contributed by atoms with Crippen LogP contribution in [0.1, 0.15) is 19.9 Å². The van der Waals surface area contributed by atoms with Gasteiger partial charge in [-0.3, -0.25) is 4.68 Å². The maximum absolute atomic E-state index is 5.87. The van der Waals surface area contributed by atoms with Crippen molar-refractivity contribution in [3.8, 4) is 0 Å². The largest absolute Gasteiger partial charge is 0.269 e. The van der Waals surface area contributed by atoms with Crippen LogP contribution in [-0.2, 0) is 0 Å². The summed E-state index contributed by atoms with van der Waals surface area (Å²) in [5.41, 5.74) is 0.998.